The topological polar surface area (TPSA) is 25.8 Å². The fraction of sp³-hybridized carbons (Fsp3) is 0. The Morgan fingerprint density at radius 3 is 2.08 bits per heavy atom. The molecule has 2 aromatic carbocycles. The molecule has 5 rings (SSSR count). The monoisotopic (exact) mass is 446 g/mol. The minimum Gasteiger partial charge on any atom is -0.254 e. The fourth-order valence-electron chi connectivity index (χ4n) is 3.42. The number of hydrogen-bond acceptors (Lipinski definition) is 2. The normalized spacial score (nSPS) is 13.6. The Kier molecular flexibility index (Phi) is 3.94. The van der Waals surface area contributed by atoms with Crippen molar-refractivity contribution in [3.05, 3.63) is 88.8 Å². The largest absolute Gasteiger partial charge is 0.254 e. The smallest absolute Gasteiger partial charge is 0.0970 e. The average Bonchev–Trinajstić information content (AvgIpc) is 2.74. The van der Waals surface area contributed by atoms with Crippen molar-refractivity contribution in [1.29, 1.82) is 0 Å². The number of benzene rings is 2. The van der Waals surface area contributed by atoms with Gasteiger partial charge in [-0.2, -0.15) is 0 Å². The van der Waals surface area contributed by atoms with Gasteiger partial charge >= 0.3 is 0 Å². The number of rotatable bonds is 2. The zero-order valence-corrected chi connectivity index (χ0v) is 16.1. The molecule has 3 heterocycles. The average molecular weight is 446 g/mol. The molecule has 1 aliphatic rings. The van der Waals surface area contributed by atoms with Crippen LogP contribution in [-0.2, 0) is 0 Å². The van der Waals surface area contributed by atoms with Crippen LogP contribution in [0.4, 0.5) is 0 Å². The summed E-state index contributed by atoms with van der Waals surface area (Å²) in [4.78, 5) is 9.37. The van der Waals surface area contributed by atoms with Crippen LogP contribution in [-0.4, -0.2) is 14.0 Å². The van der Waals surface area contributed by atoms with Crippen LogP contribution in [0.2, 0.25) is 0 Å². The standard InChI is InChI=1S/C23H15IN2/c1-2-5-16(6-3-1)18-10-13-25-22-20(18)8-9-21-19(11-14-26-23(21)22)17-7-4-12-24-15-17/h1-15H. The summed E-state index contributed by atoms with van der Waals surface area (Å²) in [7, 11) is 0. The van der Waals surface area contributed by atoms with Crippen molar-refractivity contribution >= 4 is 52.1 Å². The van der Waals surface area contributed by atoms with Gasteiger partial charge in [0.15, 0.2) is 0 Å². The van der Waals surface area contributed by atoms with E-state index in [-0.39, 0.29) is 20.7 Å². The van der Waals surface area contributed by atoms with Gasteiger partial charge in [-0.15, -0.1) is 0 Å². The molecule has 2 nitrogen and oxygen atoms in total. The van der Waals surface area contributed by atoms with Crippen LogP contribution in [0.25, 0.3) is 38.5 Å². The van der Waals surface area contributed by atoms with Gasteiger partial charge < -0.3 is 0 Å². The van der Waals surface area contributed by atoms with Crippen molar-refractivity contribution in [3.63, 3.8) is 0 Å². The zero-order chi connectivity index (χ0) is 17.3. The Bertz CT molecular complexity index is 1220. The third kappa shape index (κ3) is 2.59. The third-order valence-electron chi connectivity index (χ3n) is 4.62. The summed E-state index contributed by atoms with van der Waals surface area (Å²) < 4.78 is 4.64. The van der Waals surface area contributed by atoms with E-state index in [1.807, 2.05) is 18.5 Å². The van der Waals surface area contributed by atoms with Crippen molar-refractivity contribution in [1.82, 2.24) is 9.97 Å². The van der Waals surface area contributed by atoms with E-state index in [1.165, 1.54) is 27.6 Å². The van der Waals surface area contributed by atoms with Gasteiger partial charge in [-0.3, -0.25) is 9.97 Å². The molecule has 0 N–H and O–H groups in total. The quantitative estimate of drug-likeness (QED) is 0.273. The summed E-state index contributed by atoms with van der Waals surface area (Å²) in [6.07, 6.45) is 8.15. The molecule has 0 aliphatic carbocycles. The van der Waals surface area contributed by atoms with Gasteiger partial charge in [0.2, 0.25) is 0 Å². The predicted molar refractivity (Wildman–Crippen MR) is 120 cm³/mol. The molecule has 0 saturated heterocycles. The van der Waals surface area contributed by atoms with E-state index in [0.29, 0.717) is 0 Å². The van der Waals surface area contributed by atoms with Crippen LogP contribution < -0.4 is 0 Å². The van der Waals surface area contributed by atoms with E-state index in [0.717, 1.165) is 16.4 Å². The van der Waals surface area contributed by atoms with Crippen LogP contribution >= 0.6 is 20.7 Å². The Morgan fingerprint density at radius 2 is 1.38 bits per heavy atom. The summed E-state index contributed by atoms with van der Waals surface area (Å²) in [6, 6.07) is 19.0. The first-order valence-electron chi connectivity index (χ1n) is 8.46. The molecule has 0 atom stereocenters. The third-order valence-corrected chi connectivity index (χ3v) is 6.48. The summed E-state index contributed by atoms with van der Waals surface area (Å²) in [5.41, 5.74) is 6.88. The second-order valence-corrected chi connectivity index (χ2v) is 8.18. The lowest BCUT2D eigenvalue weighted by molar-refractivity contribution is 1.37. The van der Waals surface area contributed by atoms with Crippen LogP contribution in [0.3, 0.4) is 0 Å². The van der Waals surface area contributed by atoms with E-state index < -0.39 is 0 Å². The van der Waals surface area contributed by atoms with E-state index in [2.05, 4.69) is 78.7 Å². The predicted octanol–water partition coefficient (Wildman–Crippen LogP) is 6.13. The Hall–Kier alpha value is -2.66. The lowest BCUT2D eigenvalue weighted by Crippen LogP contribution is -1.93. The summed E-state index contributed by atoms with van der Waals surface area (Å²) in [5.74, 6) is 0. The molecule has 0 unspecified atom stereocenters. The summed E-state index contributed by atoms with van der Waals surface area (Å²) in [6.45, 7) is 0. The molecular formula is C23H15IN2. The summed E-state index contributed by atoms with van der Waals surface area (Å²) >= 11 is 0.0109. The van der Waals surface area contributed by atoms with Gasteiger partial charge in [-0.25, -0.2) is 0 Å². The highest BCUT2D eigenvalue weighted by molar-refractivity contribution is 14.2. The lowest BCUT2D eigenvalue weighted by atomic mass is 9.97. The Balaban J connectivity index is 1.81. The number of pyridine rings is 2. The van der Waals surface area contributed by atoms with E-state index in [4.69, 9.17) is 0 Å². The summed E-state index contributed by atoms with van der Waals surface area (Å²) in [5, 5.41) is 2.31. The first-order valence-corrected chi connectivity index (χ1v) is 11.0. The molecule has 1 aliphatic heterocycles. The van der Waals surface area contributed by atoms with Crippen molar-refractivity contribution in [2.75, 3.05) is 0 Å². The Morgan fingerprint density at radius 1 is 0.692 bits per heavy atom. The Labute approximate surface area is 161 Å². The molecule has 124 valence electrons. The van der Waals surface area contributed by atoms with Crippen LogP contribution in [0.1, 0.15) is 5.56 Å². The van der Waals surface area contributed by atoms with Gasteiger partial charge in [0, 0.05) is 23.2 Å². The second kappa shape index (κ2) is 6.57. The number of fused-ring (bicyclic) bond motifs is 3. The molecule has 3 heteroatoms. The van der Waals surface area contributed by atoms with Gasteiger partial charge in [0.1, 0.15) is 0 Å². The number of halogens is 1. The molecule has 4 aromatic rings. The van der Waals surface area contributed by atoms with Crippen LogP contribution in [0, 0.1) is 0 Å². The maximum Gasteiger partial charge on any atom is 0.0970 e. The molecule has 0 fully saturated rings. The molecule has 0 spiro atoms. The van der Waals surface area contributed by atoms with Crippen molar-refractivity contribution < 1.29 is 0 Å². The van der Waals surface area contributed by atoms with Crippen molar-refractivity contribution in [2.45, 2.75) is 0 Å². The number of aromatic nitrogens is 2. The van der Waals surface area contributed by atoms with E-state index in [1.54, 1.807) is 0 Å². The number of nitrogens with zero attached hydrogens (tertiary/aromatic N) is 2. The first kappa shape index (κ1) is 15.6. The van der Waals surface area contributed by atoms with Gasteiger partial charge in [-0.05, 0) is 42.5 Å². The van der Waals surface area contributed by atoms with E-state index >= 15 is 0 Å². The number of hydrogen-bond donors (Lipinski definition) is 0. The second-order valence-electron chi connectivity index (χ2n) is 6.12. The molecule has 2 aromatic heterocycles. The molecule has 26 heavy (non-hydrogen) atoms. The van der Waals surface area contributed by atoms with Gasteiger partial charge in [0.05, 0.1) is 11.0 Å². The minimum atomic E-state index is 0.0109. The zero-order valence-electron chi connectivity index (χ0n) is 13.9. The molecule has 0 bridgehead atoms. The highest BCUT2D eigenvalue weighted by Gasteiger charge is 2.12. The minimum absolute atomic E-state index is 0.0109. The van der Waals surface area contributed by atoms with Crippen molar-refractivity contribution in [3.8, 4) is 11.1 Å². The van der Waals surface area contributed by atoms with Crippen LogP contribution in [0.5, 0.6) is 0 Å². The SMILES string of the molecule is C1=CI=CC(c2ccnc3c2ccc2c(-c4ccccc4)ccnc23)=C1. The molecular weight excluding hydrogens is 431 g/mol. The maximum atomic E-state index is 4.69. The molecule has 0 saturated carbocycles. The molecule has 0 radical (unpaired) electrons. The highest BCUT2D eigenvalue weighted by Crippen LogP contribution is 2.33. The van der Waals surface area contributed by atoms with Gasteiger partial charge in [-0.1, -0.05) is 75.3 Å². The van der Waals surface area contributed by atoms with Crippen LogP contribution in [0.15, 0.2) is 83.2 Å². The van der Waals surface area contributed by atoms with Gasteiger partial charge in [0.25, 0.3) is 0 Å². The van der Waals surface area contributed by atoms with E-state index in [9.17, 15) is 0 Å². The maximum absolute atomic E-state index is 4.69. The highest BCUT2D eigenvalue weighted by atomic mass is 127. The lowest BCUT2D eigenvalue weighted by Gasteiger charge is -2.11. The fourth-order valence-corrected chi connectivity index (χ4v) is 5.01. The first-order chi connectivity index (χ1) is 12.9. The van der Waals surface area contributed by atoms with Crippen molar-refractivity contribution in [2.24, 2.45) is 0 Å². The molecule has 0 amide bonds. The number of allylic oxidation sites excluding steroid dienone is 3.